The second kappa shape index (κ2) is 6.19. The first-order valence-electron chi connectivity index (χ1n) is 5.77. The number of ether oxygens (including phenoxy) is 2. The summed E-state index contributed by atoms with van der Waals surface area (Å²) in [5, 5.41) is 3.06. The SMILES string of the molecule is CCCOC(=S)C(C)(C)NC(=O)OC(C)(C)C. The van der Waals surface area contributed by atoms with E-state index in [9.17, 15) is 4.79 Å². The van der Waals surface area contributed by atoms with E-state index in [1.807, 2.05) is 27.7 Å². The van der Waals surface area contributed by atoms with E-state index in [0.29, 0.717) is 11.7 Å². The topological polar surface area (TPSA) is 47.6 Å². The van der Waals surface area contributed by atoms with Crippen molar-refractivity contribution >= 4 is 23.4 Å². The molecule has 1 amide bonds. The van der Waals surface area contributed by atoms with Gasteiger partial charge in [-0.3, -0.25) is 0 Å². The van der Waals surface area contributed by atoms with E-state index in [2.05, 4.69) is 5.32 Å². The number of carbonyl (C=O) groups is 1. The third kappa shape index (κ3) is 7.15. The highest BCUT2D eigenvalue weighted by molar-refractivity contribution is 7.80. The van der Waals surface area contributed by atoms with Crippen LogP contribution in [0.25, 0.3) is 0 Å². The van der Waals surface area contributed by atoms with Crippen LogP contribution < -0.4 is 5.32 Å². The molecule has 0 aliphatic rings. The predicted octanol–water partition coefficient (Wildman–Crippen LogP) is 3.04. The minimum Gasteiger partial charge on any atom is -0.485 e. The Morgan fingerprint density at radius 3 is 2.18 bits per heavy atom. The second-order valence-corrected chi connectivity index (χ2v) is 5.76. The summed E-state index contributed by atoms with van der Waals surface area (Å²) in [4.78, 5) is 11.6. The molecule has 0 unspecified atom stereocenters. The lowest BCUT2D eigenvalue weighted by Crippen LogP contribution is -2.51. The summed E-state index contributed by atoms with van der Waals surface area (Å²) in [5.41, 5.74) is -1.24. The first-order valence-corrected chi connectivity index (χ1v) is 6.17. The number of rotatable bonds is 4. The van der Waals surface area contributed by atoms with Gasteiger partial charge in [0, 0.05) is 0 Å². The van der Waals surface area contributed by atoms with Crippen molar-refractivity contribution in [3.8, 4) is 0 Å². The number of hydrogen-bond acceptors (Lipinski definition) is 4. The molecular formula is C12H23NO3S. The smallest absolute Gasteiger partial charge is 0.408 e. The van der Waals surface area contributed by atoms with Gasteiger partial charge < -0.3 is 14.8 Å². The molecule has 1 N–H and O–H groups in total. The molecule has 0 aromatic carbocycles. The summed E-state index contributed by atoms with van der Waals surface area (Å²) in [6.45, 7) is 11.6. The highest BCUT2D eigenvalue weighted by Gasteiger charge is 2.29. The van der Waals surface area contributed by atoms with E-state index in [4.69, 9.17) is 21.7 Å². The zero-order chi connectivity index (χ0) is 13.7. The standard InChI is InChI=1S/C12H23NO3S/c1-7-8-15-9(17)12(5,6)13-10(14)16-11(2,3)4/h7-8H2,1-6H3,(H,13,14). The summed E-state index contributed by atoms with van der Waals surface area (Å²) < 4.78 is 10.5. The molecular weight excluding hydrogens is 238 g/mol. The molecule has 5 heteroatoms. The van der Waals surface area contributed by atoms with Crippen LogP contribution >= 0.6 is 12.2 Å². The van der Waals surface area contributed by atoms with Crippen LogP contribution in [-0.2, 0) is 9.47 Å². The van der Waals surface area contributed by atoms with E-state index >= 15 is 0 Å². The van der Waals surface area contributed by atoms with E-state index in [-0.39, 0.29) is 0 Å². The number of amides is 1. The third-order valence-corrected chi connectivity index (χ3v) is 2.39. The van der Waals surface area contributed by atoms with Crippen LogP contribution in [0.3, 0.4) is 0 Å². The molecule has 17 heavy (non-hydrogen) atoms. The number of hydrogen-bond donors (Lipinski definition) is 1. The van der Waals surface area contributed by atoms with Crippen LogP contribution in [0.2, 0.25) is 0 Å². The van der Waals surface area contributed by atoms with Gasteiger partial charge in [0.1, 0.15) is 11.1 Å². The van der Waals surface area contributed by atoms with Crippen molar-refractivity contribution in [1.29, 1.82) is 0 Å². The van der Waals surface area contributed by atoms with Gasteiger partial charge in [-0.15, -0.1) is 0 Å². The summed E-state index contributed by atoms with van der Waals surface area (Å²) in [7, 11) is 0. The zero-order valence-corrected chi connectivity index (χ0v) is 12.4. The van der Waals surface area contributed by atoms with Crippen molar-refractivity contribution < 1.29 is 14.3 Å². The van der Waals surface area contributed by atoms with Crippen molar-refractivity contribution in [2.24, 2.45) is 0 Å². The van der Waals surface area contributed by atoms with E-state index in [1.165, 1.54) is 0 Å². The Morgan fingerprint density at radius 1 is 1.24 bits per heavy atom. The normalized spacial score (nSPS) is 11.9. The third-order valence-electron chi connectivity index (χ3n) is 1.76. The zero-order valence-electron chi connectivity index (χ0n) is 11.5. The fourth-order valence-corrected chi connectivity index (χ4v) is 1.12. The van der Waals surface area contributed by atoms with Crippen LogP contribution in [0.4, 0.5) is 4.79 Å². The average Bonchev–Trinajstić information content (AvgIpc) is 2.09. The van der Waals surface area contributed by atoms with Crippen LogP contribution in [0.5, 0.6) is 0 Å². The summed E-state index contributed by atoms with van der Waals surface area (Å²) in [5.74, 6) is 0. The lowest BCUT2D eigenvalue weighted by atomic mass is 10.1. The molecule has 0 fully saturated rings. The van der Waals surface area contributed by atoms with Gasteiger partial charge in [0.2, 0.25) is 0 Å². The van der Waals surface area contributed by atoms with Crippen LogP contribution in [0, 0.1) is 0 Å². The number of thiocarbonyl (C=S) groups is 1. The maximum atomic E-state index is 11.6. The van der Waals surface area contributed by atoms with Gasteiger partial charge in [-0.2, -0.15) is 0 Å². The average molecular weight is 261 g/mol. The number of nitrogens with one attached hydrogen (secondary N) is 1. The maximum absolute atomic E-state index is 11.6. The van der Waals surface area contributed by atoms with Gasteiger partial charge in [0.15, 0.2) is 5.05 Å². The molecule has 4 nitrogen and oxygen atoms in total. The molecule has 0 spiro atoms. The summed E-state index contributed by atoms with van der Waals surface area (Å²) in [6.07, 6.45) is 0.382. The van der Waals surface area contributed by atoms with E-state index in [1.54, 1.807) is 13.8 Å². The lowest BCUT2D eigenvalue weighted by Gasteiger charge is -2.28. The minimum absolute atomic E-state index is 0.366. The quantitative estimate of drug-likeness (QED) is 0.790. The van der Waals surface area contributed by atoms with Crippen molar-refractivity contribution in [2.45, 2.75) is 59.1 Å². The van der Waals surface area contributed by atoms with Crippen molar-refractivity contribution in [1.82, 2.24) is 5.32 Å². The Hall–Kier alpha value is -0.840. The Bertz CT molecular complexity index is 282. The van der Waals surface area contributed by atoms with Gasteiger partial charge in [0.05, 0.1) is 6.61 Å². The Labute approximate surface area is 109 Å². The van der Waals surface area contributed by atoms with Gasteiger partial charge in [-0.1, -0.05) is 6.92 Å². The fraction of sp³-hybridized carbons (Fsp3) is 0.833. The summed E-state index contributed by atoms with van der Waals surface area (Å²) in [6, 6.07) is 0. The molecule has 0 aromatic rings. The van der Waals surface area contributed by atoms with Gasteiger partial charge in [0.25, 0.3) is 0 Å². The molecule has 0 aliphatic carbocycles. The second-order valence-electron chi connectivity index (χ2n) is 5.39. The molecule has 0 radical (unpaired) electrons. The van der Waals surface area contributed by atoms with Crippen LogP contribution in [-0.4, -0.2) is 28.9 Å². The molecule has 0 bridgehead atoms. The number of alkyl carbamates (subject to hydrolysis) is 1. The van der Waals surface area contributed by atoms with E-state index < -0.39 is 17.2 Å². The molecule has 0 saturated heterocycles. The minimum atomic E-state index is -0.715. The Morgan fingerprint density at radius 2 is 1.76 bits per heavy atom. The monoisotopic (exact) mass is 261 g/mol. The van der Waals surface area contributed by atoms with Gasteiger partial charge in [-0.25, -0.2) is 4.79 Å². The number of carbonyl (C=O) groups excluding carboxylic acids is 1. The van der Waals surface area contributed by atoms with Crippen LogP contribution in [0.1, 0.15) is 48.0 Å². The first kappa shape index (κ1) is 16.2. The first-order chi connectivity index (χ1) is 7.58. The lowest BCUT2D eigenvalue weighted by molar-refractivity contribution is 0.0489. The van der Waals surface area contributed by atoms with Crippen molar-refractivity contribution in [3.05, 3.63) is 0 Å². The Balaban J connectivity index is 4.33. The predicted molar refractivity (Wildman–Crippen MR) is 72.3 cm³/mol. The molecule has 0 aliphatic heterocycles. The molecule has 0 heterocycles. The van der Waals surface area contributed by atoms with E-state index in [0.717, 1.165) is 6.42 Å². The molecule has 0 atom stereocenters. The molecule has 0 aromatic heterocycles. The van der Waals surface area contributed by atoms with Crippen LogP contribution in [0.15, 0.2) is 0 Å². The summed E-state index contributed by atoms with van der Waals surface area (Å²) >= 11 is 5.12. The van der Waals surface area contributed by atoms with Crippen molar-refractivity contribution in [3.63, 3.8) is 0 Å². The fourth-order valence-electron chi connectivity index (χ4n) is 0.985. The molecule has 0 saturated carbocycles. The van der Waals surface area contributed by atoms with Gasteiger partial charge >= 0.3 is 6.09 Å². The molecule has 0 rings (SSSR count). The highest BCUT2D eigenvalue weighted by Crippen LogP contribution is 2.11. The van der Waals surface area contributed by atoms with Crippen molar-refractivity contribution in [2.75, 3.05) is 6.61 Å². The van der Waals surface area contributed by atoms with Gasteiger partial charge in [-0.05, 0) is 53.3 Å². The maximum Gasteiger partial charge on any atom is 0.408 e. The molecule has 100 valence electrons. The highest BCUT2D eigenvalue weighted by atomic mass is 32.1. The Kier molecular flexibility index (Phi) is 5.88. The largest absolute Gasteiger partial charge is 0.485 e.